The molecule has 1 aromatic carbocycles. The van der Waals surface area contributed by atoms with E-state index < -0.39 is 0 Å². The van der Waals surface area contributed by atoms with Gasteiger partial charge in [0.05, 0.1) is 18.3 Å². The number of carbonyl (C=O) groups excluding carboxylic acids is 1. The summed E-state index contributed by atoms with van der Waals surface area (Å²) in [4.78, 5) is 22.1. The molecule has 3 heterocycles. The lowest BCUT2D eigenvalue weighted by atomic mass is 10.1. The predicted octanol–water partition coefficient (Wildman–Crippen LogP) is 1.84. The van der Waals surface area contributed by atoms with Crippen LogP contribution in [-0.4, -0.2) is 84.2 Å². The second-order valence-corrected chi connectivity index (χ2v) is 8.07. The molecule has 7 nitrogen and oxygen atoms in total. The summed E-state index contributed by atoms with van der Waals surface area (Å²) in [5.74, 6) is 1.17. The number of carbonyl (C=O) groups is 1. The van der Waals surface area contributed by atoms with Gasteiger partial charge in [0.25, 0.3) is 0 Å². The molecule has 2 aliphatic heterocycles. The van der Waals surface area contributed by atoms with Gasteiger partial charge in [-0.15, -0.1) is 0 Å². The van der Waals surface area contributed by atoms with E-state index in [1.165, 1.54) is 5.69 Å². The normalized spacial score (nSPS) is 20.1. The number of hydrogen-bond acceptors (Lipinski definition) is 6. The number of amides is 1. The van der Waals surface area contributed by atoms with Crippen molar-refractivity contribution in [2.24, 2.45) is 0 Å². The number of hydrogen-bond donors (Lipinski definition) is 0. The smallest absolute Gasteiger partial charge is 0.239 e. The van der Waals surface area contributed by atoms with Crippen LogP contribution in [0.1, 0.15) is 18.4 Å². The lowest BCUT2D eigenvalue weighted by Gasteiger charge is -2.41. The zero-order valence-electron chi connectivity index (χ0n) is 17.5. The van der Waals surface area contributed by atoms with Crippen molar-refractivity contribution in [3.63, 3.8) is 0 Å². The van der Waals surface area contributed by atoms with Crippen molar-refractivity contribution in [1.82, 2.24) is 19.9 Å². The summed E-state index contributed by atoms with van der Waals surface area (Å²) in [7, 11) is 0. The number of anilines is 1. The van der Waals surface area contributed by atoms with E-state index in [2.05, 4.69) is 51.0 Å². The zero-order valence-corrected chi connectivity index (χ0v) is 17.5. The highest BCUT2D eigenvalue weighted by atomic mass is 16.5. The van der Waals surface area contributed by atoms with Crippen molar-refractivity contribution < 1.29 is 9.32 Å². The molecule has 7 heteroatoms. The fraction of sp³-hybridized carbons (Fsp3) is 0.545. The second-order valence-electron chi connectivity index (χ2n) is 8.07. The fourth-order valence-electron chi connectivity index (χ4n) is 4.26. The Morgan fingerprint density at radius 3 is 2.34 bits per heavy atom. The standard InChI is InChI=1S/C22H31N5O2/c1-18-16-21(29-23-18)17-24-8-10-25(11-9-24)19(2)22(28)27-14-12-26(13-15-27)20-6-4-3-5-7-20/h3-7,16,19H,8-15,17H2,1-2H3. The molecule has 1 aromatic heterocycles. The minimum absolute atomic E-state index is 0.0621. The molecule has 0 N–H and O–H groups in total. The van der Waals surface area contributed by atoms with E-state index in [4.69, 9.17) is 4.52 Å². The van der Waals surface area contributed by atoms with E-state index in [0.717, 1.165) is 70.4 Å². The number of aryl methyl sites for hydroxylation is 1. The zero-order chi connectivity index (χ0) is 20.2. The highest BCUT2D eigenvalue weighted by Gasteiger charge is 2.30. The molecular weight excluding hydrogens is 366 g/mol. The third-order valence-electron chi connectivity index (χ3n) is 6.08. The molecule has 0 radical (unpaired) electrons. The van der Waals surface area contributed by atoms with Gasteiger partial charge in [-0.05, 0) is 26.0 Å². The van der Waals surface area contributed by atoms with Crippen LogP contribution < -0.4 is 4.90 Å². The van der Waals surface area contributed by atoms with Gasteiger partial charge >= 0.3 is 0 Å². The van der Waals surface area contributed by atoms with E-state index in [1.807, 2.05) is 24.0 Å². The SMILES string of the molecule is Cc1cc(CN2CCN(C(C)C(=O)N3CCN(c4ccccc4)CC3)CC2)on1. The van der Waals surface area contributed by atoms with Crippen LogP contribution in [0.3, 0.4) is 0 Å². The number of aromatic nitrogens is 1. The minimum Gasteiger partial charge on any atom is -0.368 e. The monoisotopic (exact) mass is 397 g/mol. The molecule has 0 spiro atoms. The van der Waals surface area contributed by atoms with Crippen LogP contribution in [0.2, 0.25) is 0 Å². The van der Waals surface area contributed by atoms with Gasteiger partial charge in [0.2, 0.25) is 5.91 Å². The number of rotatable bonds is 5. The summed E-state index contributed by atoms with van der Waals surface area (Å²) in [6.45, 7) is 11.9. The molecule has 156 valence electrons. The van der Waals surface area contributed by atoms with Crippen molar-refractivity contribution in [2.75, 3.05) is 57.3 Å². The average molecular weight is 398 g/mol. The van der Waals surface area contributed by atoms with Crippen LogP contribution in [0, 0.1) is 6.92 Å². The molecule has 0 aliphatic carbocycles. The molecular formula is C22H31N5O2. The van der Waals surface area contributed by atoms with Crippen molar-refractivity contribution in [3.05, 3.63) is 47.9 Å². The summed E-state index contributed by atoms with van der Waals surface area (Å²) in [6, 6.07) is 12.4. The number of benzene rings is 1. The maximum absolute atomic E-state index is 13.0. The lowest BCUT2D eigenvalue weighted by molar-refractivity contribution is -0.137. The molecule has 2 fully saturated rings. The Hall–Kier alpha value is -2.38. The Bertz CT molecular complexity index is 793. The molecule has 4 rings (SSSR count). The largest absolute Gasteiger partial charge is 0.368 e. The molecule has 29 heavy (non-hydrogen) atoms. The van der Waals surface area contributed by atoms with E-state index >= 15 is 0 Å². The quantitative estimate of drug-likeness (QED) is 0.767. The van der Waals surface area contributed by atoms with Crippen molar-refractivity contribution in [2.45, 2.75) is 26.4 Å². The van der Waals surface area contributed by atoms with E-state index in [1.54, 1.807) is 0 Å². The fourth-order valence-corrected chi connectivity index (χ4v) is 4.26. The average Bonchev–Trinajstić information content (AvgIpc) is 3.18. The first-order valence-corrected chi connectivity index (χ1v) is 10.6. The Balaban J connectivity index is 1.24. The van der Waals surface area contributed by atoms with Crippen molar-refractivity contribution >= 4 is 11.6 Å². The van der Waals surface area contributed by atoms with Gasteiger partial charge in [0.1, 0.15) is 0 Å². The van der Waals surface area contributed by atoms with Crippen molar-refractivity contribution in [1.29, 1.82) is 0 Å². The Morgan fingerprint density at radius 1 is 1.03 bits per heavy atom. The summed E-state index contributed by atoms with van der Waals surface area (Å²) < 4.78 is 5.33. The summed E-state index contributed by atoms with van der Waals surface area (Å²) in [5, 5.41) is 3.96. The summed E-state index contributed by atoms with van der Waals surface area (Å²) >= 11 is 0. The molecule has 1 unspecified atom stereocenters. The van der Waals surface area contributed by atoms with E-state index in [9.17, 15) is 4.79 Å². The van der Waals surface area contributed by atoms with Crippen LogP contribution in [0.4, 0.5) is 5.69 Å². The summed E-state index contributed by atoms with van der Waals surface area (Å²) in [5.41, 5.74) is 2.16. The van der Waals surface area contributed by atoms with E-state index in [0.29, 0.717) is 0 Å². The summed E-state index contributed by atoms with van der Waals surface area (Å²) in [6.07, 6.45) is 0. The first-order valence-electron chi connectivity index (χ1n) is 10.6. The minimum atomic E-state index is -0.0621. The third kappa shape index (κ3) is 4.79. The topological polar surface area (TPSA) is 56.1 Å². The number of para-hydroxylation sites is 1. The van der Waals surface area contributed by atoms with Crippen LogP contribution >= 0.6 is 0 Å². The highest BCUT2D eigenvalue weighted by molar-refractivity contribution is 5.81. The Morgan fingerprint density at radius 2 is 1.72 bits per heavy atom. The molecule has 0 saturated carbocycles. The molecule has 2 aromatic rings. The van der Waals surface area contributed by atoms with Gasteiger partial charge in [-0.1, -0.05) is 23.4 Å². The van der Waals surface area contributed by atoms with Crippen LogP contribution in [-0.2, 0) is 11.3 Å². The van der Waals surface area contributed by atoms with Gasteiger partial charge in [0.15, 0.2) is 5.76 Å². The Kier molecular flexibility index (Phi) is 6.16. The number of piperazine rings is 2. The molecule has 0 bridgehead atoms. The van der Waals surface area contributed by atoms with Crippen LogP contribution in [0.5, 0.6) is 0 Å². The maximum Gasteiger partial charge on any atom is 0.239 e. The molecule has 1 atom stereocenters. The molecule has 2 saturated heterocycles. The van der Waals surface area contributed by atoms with Gasteiger partial charge < -0.3 is 14.3 Å². The first kappa shape index (κ1) is 19.9. The predicted molar refractivity (Wildman–Crippen MR) is 113 cm³/mol. The highest BCUT2D eigenvalue weighted by Crippen LogP contribution is 2.17. The van der Waals surface area contributed by atoms with Gasteiger partial charge in [-0.3, -0.25) is 14.6 Å². The molecule has 2 aliphatic rings. The first-order chi connectivity index (χ1) is 14.1. The molecule has 1 amide bonds. The van der Waals surface area contributed by atoms with Gasteiger partial charge in [-0.2, -0.15) is 0 Å². The van der Waals surface area contributed by atoms with Gasteiger partial charge in [0, 0.05) is 64.1 Å². The maximum atomic E-state index is 13.0. The van der Waals surface area contributed by atoms with Crippen LogP contribution in [0.25, 0.3) is 0 Å². The van der Waals surface area contributed by atoms with Crippen molar-refractivity contribution in [3.8, 4) is 0 Å². The van der Waals surface area contributed by atoms with E-state index in [-0.39, 0.29) is 11.9 Å². The lowest BCUT2D eigenvalue weighted by Crippen LogP contribution is -2.57. The Labute approximate surface area is 172 Å². The van der Waals surface area contributed by atoms with Crippen LogP contribution in [0.15, 0.2) is 40.9 Å². The van der Waals surface area contributed by atoms with Gasteiger partial charge in [-0.25, -0.2) is 0 Å². The number of nitrogens with zero attached hydrogens (tertiary/aromatic N) is 5. The third-order valence-corrected chi connectivity index (χ3v) is 6.08. The second kappa shape index (κ2) is 8.97.